The average Bonchev–Trinajstić information content (AvgIpc) is 3.19. The standard InChI is InChI=1S/C15H23F2N3O2/c1-10(2)22-7-3-6-18-14(21)9-20-13(15(16)17)8-12(19-20)11-4-5-11/h8,10-11,15H,3-7,9H2,1-2H3,(H,18,21). The zero-order valence-electron chi connectivity index (χ0n) is 13.0. The Morgan fingerprint density at radius 3 is 2.82 bits per heavy atom. The Labute approximate surface area is 129 Å². The number of halogens is 2. The van der Waals surface area contributed by atoms with Crippen LogP contribution in [-0.4, -0.2) is 34.9 Å². The normalized spacial score (nSPS) is 14.8. The summed E-state index contributed by atoms with van der Waals surface area (Å²) in [6.07, 6.45) is 0.211. The molecule has 22 heavy (non-hydrogen) atoms. The number of nitrogens with zero attached hydrogens (tertiary/aromatic N) is 2. The maximum absolute atomic E-state index is 13.0. The molecule has 1 aromatic heterocycles. The van der Waals surface area contributed by atoms with E-state index >= 15 is 0 Å². The fourth-order valence-corrected chi connectivity index (χ4v) is 2.14. The second-order valence-corrected chi connectivity index (χ2v) is 5.85. The van der Waals surface area contributed by atoms with Gasteiger partial charge in [-0.3, -0.25) is 9.48 Å². The maximum atomic E-state index is 13.0. The van der Waals surface area contributed by atoms with Gasteiger partial charge >= 0.3 is 0 Å². The number of carbonyl (C=O) groups excluding carboxylic acids is 1. The van der Waals surface area contributed by atoms with Gasteiger partial charge in [-0.15, -0.1) is 0 Å². The van der Waals surface area contributed by atoms with E-state index in [9.17, 15) is 13.6 Å². The third kappa shape index (κ3) is 5.05. The SMILES string of the molecule is CC(C)OCCCNC(=O)Cn1nc(C2CC2)cc1C(F)F. The van der Waals surface area contributed by atoms with E-state index in [2.05, 4.69) is 10.4 Å². The lowest BCUT2D eigenvalue weighted by Crippen LogP contribution is -2.30. The summed E-state index contributed by atoms with van der Waals surface area (Å²) >= 11 is 0. The molecule has 0 radical (unpaired) electrons. The summed E-state index contributed by atoms with van der Waals surface area (Å²) in [4.78, 5) is 11.8. The predicted molar refractivity (Wildman–Crippen MR) is 77.9 cm³/mol. The summed E-state index contributed by atoms with van der Waals surface area (Å²) in [5, 5.41) is 6.85. The van der Waals surface area contributed by atoms with Crippen LogP contribution in [0.3, 0.4) is 0 Å². The molecule has 0 aliphatic heterocycles. The number of hydrogen-bond donors (Lipinski definition) is 1. The Bertz CT molecular complexity index is 499. The van der Waals surface area contributed by atoms with Crippen molar-refractivity contribution < 1.29 is 18.3 Å². The van der Waals surface area contributed by atoms with Crippen molar-refractivity contribution in [3.63, 3.8) is 0 Å². The third-order valence-electron chi connectivity index (χ3n) is 3.44. The maximum Gasteiger partial charge on any atom is 0.280 e. The highest BCUT2D eigenvalue weighted by molar-refractivity contribution is 5.75. The first-order chi connectivity index (χ1) is 10.5. The molecule has 1 heterocycles. The van der Waals surface area contributed by atoms with Gasteiger partial charge < -0.3 is 10.1 Å². The number of alkyl halides is 2. The molecule has 2 rings (SSSR count). The van der Waals surface area contributed by atoms with Crippen LogP contribution in [0.2, 0.25) is 0 Å². The van der Waals surface area contributed by atoms with Crippen molar-refractivity contribution in [2.75, 3.05) is 13.2 Å². The van der Waals surface area contributed by atoms with E-state index in [0.29, 0.717) is 25.3 Å². The number of amides is 1. The van der Waals surface area contributed by atoms with E-state index in [0.717, 1.165) is 17.5 Å². The fourth-order valence-electron chi connectivity index (χ4n) is 2.14. The minimum atomic E-state index is -2.62. The van der Waals surface area contributed by atoms with Crippen molar-refractivity contribution >= 4 is 5.91 Å². The van der Waals surface area contributed by atoms with Crippen molar-refractivity contribution in [2.24, 2.45) is 0 Å². The minimum absolute atomic E-state index is 0.161. The summed E-state index contributed by atoms with van der Waals surface area (Å²) in [6.45, 7) is 4.75. The molecule has 7 heteroatoms. The molecular weight excluding hydrogens is 292 g/mol. The molecule has 1 amide bonds. The van der Waals surface area contributed by atoms with E-state index in [-0.39, 0.29) is 30.2 Å². The van der Waals surface area contributed by atoms with E-state index in [1.54, 1.807) is 0 Å². The van der Waals surface area contributed by atoms with Crippen LogP contribution in [0.25, 0.3) is 0 Å². The summed E-state index contributed by atoms with van der Waals surface area (Å²) in [7, 11) is 0. The number of carbonyl (C=O) groups is 1. The van der Waals surface area contributed by atoms with Gasteiger partial charge in [-0.1, -0.05) is 0 Å². The lowest BCUT2D eigenvalue weighted by molar-refractivity contribution is -0.122. The van der Waals surface area contributed by atoms with Crippen LogP contribution in [0, 0.1) is 0 Å². The zero-order chi connectivity index (χ0) is 16.1. The molecule has 0 atom stereocenters. The lowest BCUT2D eigenvalue weighted by Gasteiger charge is -2.09. The van der Waals surface area contributed by atoms with Crippen LogP contribution >= 0.6 is 0 Å². The van der Waals surface area contributed by atoms with Gasteiger partial charge in [-0.2, -0.15) is 5.10 Å². The van der Waals surface area contributed by atoms with E-state index in [1.165, 1.54) is 6.07 Å². The van der Waals surface area contributed by atoms with Gasteiger partial charge in [0.15, 0.2) is 0 Å². The van der Waals surface area contributed by atoms with Crippen LogP contribution in [-0.2, 0) is 16.1 Å². The van der Waals surface area contributed by atoms with E-state index in [1.807, 2.05) is 13.8 Å². The molecule has 0 aromatic carbocycles. The highest BCUT2D eigenvalue weighted by Crippen LogP contribution is 2.40. The Kier molecular flexibility index (Phi) is 5.88. The number of hydrogen-bond acceptors (Lipinski definition) is 3. The Morgan fingerprint density at radius 1 is 1.50 bits per heavy atom. The highest BCUT2D eigenvalue weighted by atomic mass is 19.3. The summed E-state index contributed by atoms with van der Waals surface area (Å²) < 4.78 is 32.5. The van der Waals surface area contributed by atoms with Crippen molar-refractivity contribution in [2.45, 2.75) is 58.1 Å². The molecule has 0 unspecified atom stereocenters. The van der Waals surface area contributed by atoms with Crippen molar-refractivity contribution in [3.8, 4) is 0 Å². The first-order valence-electron chi connectivity index (χ1n) is 7.71. The minimum Gasteiger partial charge on any atom is -0.379 e. The summed E-state index contributed by atoms with van der Waals surface area (Å²) in [6, 6.07) is 1.42. The van der Waals surface area contributed by atoms with E-state index < -0.39 is 6.43 Å². The fraction of sp³-hybridized carbons (Fsp3) is 0.733. The molecule has 0 bridgehead atoms. The van der Waals surface area contributed by atoms with Gasteiger partial charge in [0.05, 0.1) is 11.8 Å². The Balaban J connectivity index is 1.80. The van der Waals surface area contributed by atoms with Crippen LogP contribution in [0.5, 0.6) is 0 Å². The number of nitrogens with one attached hydrogen (secondary N) is 1. The molecule has 1 saturated carbocycles. The molecule has 5 nitrogen and oxygen atoms in total. The Morgan fingerprint density at radius 2 is 2.23 bits per heavy atom. The highest BCUT2D eigenvalue weighted by Gasteiger charge is 2.29. The number of aromatic nitrogens is 2. The van der Waals surface area contributed by atoms with Gasteiger partial charge in [0.2, 0.25) is 5.91 Å². The van der Waals surface area contributed by atoms with Gasteiger partial charge in [0.25, 0.3) is 6.43 Å². The van der Waals surface area contributed by atoms with Crippen molar-refractivity contribution in [1.82, 2.24) is 15.1 Å². The zero-order valence-corrected chi connectivity index (χ0v) is 13.0. The molecule has 1 aliphatic rings. The third-order valence-corrected chi connectivity index (χ3v) is 3.44. The lowest BCUT2D eigenvalue weighted by atomic mass is 10.3. The van der Waals surface area contributed by atoms with Crippen LogP contribution in [0.15, 0.2) is 6.07 Å². The van der Waals surface area contributed by atoms with E-state index in [4.69, 9.17) is 4.74 Å². The van der Waals surface area contributed by atoms with Crippen LogP contribution in [0.4, 0.5) is 8.78 Å². The van der Waals surface area contributed by atoms with Gasteiger partial charge in [-0.25, -0.2) is 8.78 Å². The van der Waals surface area contributed by atoms with Crippen molar-refractivity contribution in [3.05, 3.63) is 17.5 Å². The van der Waals surface area contributed by atoms with Gasteiger partial charge in [0, 0.05) is 19.1 Å². The predicted octanol–water partition coefficient (Wildman–Crippen LogP) is 2.63. The molecule has 1 aromatic rings. The topological polar surface area (TPSA) is 56.1 Å². The Hall–Kier alpha value is -1.50. The molecule has 124 valence electrons. The molecule has 0 saturated heterocycles. The molecule has 1 N–H and O–H groups in total. The molecule has 1 aliphatic carbocycles. The quantitative estimate of drug-likeness (QED) is 0.713. The number of ether oxygens (including phenoxy) is 1. The molecular formula is C15H23F2N3O2. The monoisotopic (exact) mass is 315 g/mol. The second kappa shape index (κ2) is 7.67. The number of rotatable bonds is 9. The largest absolute Gasteiger partial charge is 0.379 e. The second-order valence-electron chi connectivity index (χ2n) is 5.85. The molecule has 1 fully saturated rings. The smallest absolute Gasteiger partial charge is 0.280 e. The van der Waals surface area contributed by atoms with Gasteiger partial charge in [-0.05, 0) is 39.2 Å². The van der Waals surface area contributed by atoms with Crippen molar-refractivity contribution in [1.29, 1.82) is 0 Å². The average molecular weight is 315 g/mol. The first kappa shape index (κ1) is 16.9. The molecule has 0 spiro atoms. The summed E-state index contributed by atoms with van der Waals surface area (Å²) in [5.41, 5.74) is 0.494. The summed E-state index contributed by atoms with van der Waals surface area (Å²) in [5.74, 6) is -0.0214. The van der Waals surface area contributed by atoms with Gasteiger partial charge in [0.1, 0.15) is 12.2 Å². The first-order valence-corrected chi connectivity index (χ1v) is 7.71. The van der Waals surface area contributed by atoms with Crippen LogP contribution in [0.1, 0.15) is 56.8 Å². The van der Waals surface area contributed by atoms with Crippen LogP contribution < -0.4 is 5.32 Å².